The van der Waals surface area contributed by atoms with Gasteiger partial charge in [0.2, 0.25) is 0 Å². The molecule has 1 atom stereocenters. The van der Waals surface area contributed by atoms with Gasteiger partial charge in [-0.15, -0.1) is 24.0 Å². The van der Waals surface area contributed by atoms with E-state index in [2.05, 4.69) is 33.7 Å². The van der Waals surface area contributed by atoms with E-state index in [1.807, 2.05) is 23.7 Å². The predicted molar refractivity (Wildman–Crippen MR) is 136 cm³/mol. The number of aliphatic imine (C=N–C) groups is 1. The van der Waals surface area contributed by atoms with E-state index in [1.165, 1.54) is 12.8 Å². The van der Waals surface area contributed by atoms with Crippen LogP contribution in [0.2, 0.25) is 0 Å². The van der Waals surface area contributed by atoms with Crippen molar-refractivity contribution in [2.75, 3.05) is 13.7 Å². The number of hydrogen-bond donors (Lipinski definition) is 2. The largest absolute Gasteiger partial charge is 0.497 e. The molecule has 2 aromatic rings. The number of benzene rings is 1. The third-order valence-corrected chi connectivity index (χ3v) is 5.91. The van der Waals surface area contributed by atoms with Crippen LogP contribution in [0.25, 0.3) is 0 Å². The predicted octanol–water partition coefficient (Wildman–Crippen LogP) is 4.12. The van der Waals surface area contributed by atoms with Crippen molar-refractivity contribution in [2.24, 2.45) is 4.99 Å². The summed E-state index contributed by atoms with van der Waals surface area (Å²) in [6.07, 6.45) is 7.09. The number of nitrogens with one attached hydrogen (secondary N) is 2. The van der Waals surface area contributed by atoms with E-state index in [1.54, 1.807) is 7.11 Å². The molecule has 2 heterocycles. The second kappa shape index (κ2) is 11.7. The number of halogens is 1. The maximum absolute atomic E-state index is 6.33. The van der Waals surface area contributed by atoms with Gasteiger partial charge in [0.05, 0.1) is 25.8 Å². The maximum atomic E-state index is 6.33. The summed E-state index contributed by atoms with van der Waals surface area (Å²) in [5.41, 5.74) is 1.06. The van der Waals surface area contributed by atoms with Gasteiger partial charge in [0, 0.05) is 24.7 Å². The van der Waals surface area contributed by atoms with E-state index >= 15 is 0 Å². The molecule has 176 valence electrons. The Hall–Kier alpha value is -2.04. The SMILES string of the molecule is CCNC(=NCc1ccc(OC)cc1OC1CCCC1)NC1CCCn2nc(C)nc21.I. The molecule has 4 rings (SSSR count). The average Bonchev–Trinajstić information content (AvgIpc) is 3.42. The third kappa shape index (κ3) is 6.05. The van der Waals surface area contributed by atoms with Crippen molar-refractivity contribution in [2.45, 2.75) is 77.6 Å². The number of ether oxygens (including phenoxy) is 2. The van der Waals surface area contributed by atoms with Gasteiger partial charge in [0.1, 0.15) is 23.1 Å². The van der Waals surface area contributed by atoms with Gasteiger partial charge >= 0.3 is 0 Å². The first-order chi connectivity index (χ1) is 15.2. The molecule has 0 radical (unpaired) electrons. The molecule has 32 heavy (non-hydrogen) atoms. The number of hydrogen-bond acceptors (Lipinski definition) is 5. The maximum Gasteiger partial charge on any atom is 0.192 e. The van der Waals surface area contributed by atoms with Crippen molar-refractivity contribution in [3.8, 4) is 11.5 Å². The van der Waals surface area contributed by atoms with Gasteiger partial charge in [0.25, 0.3) is 0 Å². The van der Waals surface area contributed by atoms with E-state index in [0.717, 1.165) is 73.4 Å². The summed E-state index contributed by atoms with van der Waals surface area (Å²) in [5, 5.41) is 11.4. The molecule has 0 amide bonds. The molecule has 9 heteroatoms. The number of methoxy groups -OCH3 is 1. The molecule has 0 bridgehead atoms. The summed E-state index contributed by atoms with van der Waals surface area (Å²) in [6.45, 7) is 6.26. The zero-order valence-electron chi connectivity index (χ0n) is 19.3. The fourth-order valence-electron chi connectivity index (χ4n) is 4.34. The average molecular weight is 554 g/mol. The van der Waals surface area contributed by atoms with E-state index in [0.29, 0.717) is 6.54 Å². The molecule has 0 spiro atoms. The quantitative estimate of drug-likeness (QED) is 0.304. The van der Waals surface area contributed by atoms with E-state index < -0.39 is 0 Å². The van der Waals surface area contributed by atoms with Crippen LogP contribution in [0.1, 0.15) is 68.7 Å². The van der Waals surface area contributed by atoms with Crippen molar-refractivity contribution >= 4 is 29.9 Å². The molecule has 2 aliphatic rings. The Morgan fingerprint density at radius 3 is 2.78 bits per heavy atom. The van der Waals surface area contributed by atoms with Gasteiger partial charge in [0.15, 0.2) is 5.96 Å². The highest BCUT2D eigenvalue weighted by Gasteiger charge is 2.24. The van der Waals surface area contributed by atoms with Crippen molar-refractivity contribution < 1.29 is 9.47 Å². The molecule has 1 fully saturated rings. The van der Waals surface area contributed by atoms with Gasteiger partial charge in [-0.2, -0.15) is 5.10 Å². The molecule has 8 nitrogen and oxygen atoms in total. The normalized spacial score (nSPS) is 18.6. The van der Waals surface area contributed by atoms with Crippen molar-refractivity contribution in [3.05, 3.63) is 35.4 Å². The second-order valence-electron chi connectivity index (χ2n) is 8.27. The highest BCUT2D eigenvalue weighted by atomic mass is 127. The topological polar surface area (TPSA) is 85.6 Å². The van der Waals surface area contributed by atoms with Crippen LogP contribution in [0.5, 0.6) is 11.5 Å². The third-order valence-electron chi connectivity index (χ3n) is 5.91. The van der Waals surface area contributed by atoms with E-state index in [-0.39, 0.29) is 36.1 Å². The minimum Gasteiger partial charge on any atom is -0.497 e. The van der Waals surface area contributed by atoms with Gasteiger partial charge in [-0.3, -0.25) is 0 Å². The number of rotatable bonds is 7. The van der Waals surface area contributed by atoms with Crippen LogP contribution in [-0.4, -0.2) is 40.5 Å². The minimum absolute atomic E-state index is 0. The number of nitrogens with zero attached hydrogens (tertiary/aromatic N) is 4. The lowest BCUT2D eigenvalue weighted by molar-refractivity contribution is 0.207. The summed E-state index contributed by atoms with van der Waals surface area (Å²) in [7, 11) is 1.68. The Labute approximate surface area is 207 Å². The van der Waals surface area contributed by atoms with Crippen LogP contribution >= 0.6 is 24.0 Å². The molecule has 1 aromatic carbocycles. The van der Waals surface area contributed by atoms with Gasteiger partial charge in [-0.1, -0.05) is 0 Å². The smallest absolute Gasteiger partial charge is 0.192 e. The van der Waals surface area contributed by atoms with E-state index in [9.17, 15) is 0 Å². The Morgan fingerprint density at radius 2 is 2.03 bits per heavy atom. The number of fused-ring (bicyclic) bond motifs is 1. The summed E-state index contributed by atoms with van der Waals surface area (Å²) in [6, 6.07) is 6.11. The van der Waals surface area contributed by atoms with Crippen LogP contribution < -0.4 is 20.1 Å². The molecule has 2 N–H and O–H groups in total. The molecule has 1 aromatic heterocycles. The van der Waals surface area contributed by atoms with E-state index in [4.69, 9.17) is 14.5 Å². The fourth-order valence-corrected chi connectivity index (χ4v) is 4.34. The Morgan fingerprint density at radius 1 is 1.22 bits per heavy atom. The molecule has 1 aliphatic carbocycles. The van der Waals surface area contributed by atoms with Gasteiger partial charge in [-0.25, -0.2) is 14.7 Å². The van der Waals surface area contributed by atoms with Crippen molar-refractivity contribution in [1.29, 1.82) is 0 Å². The Bertz CT molecular complexity index is 910. The van der Waals surface area contributed by atoms with Crippen molar-refractivity contribution in [3.63, 3.8) is 0 Å². The second-order valence-corrected chi connectivity index (χ2v) is 8.27. The highest BCUT2D eigenvalue weighted by Crippen LogP contribution is 2.30. The first kappa shape index (κ1) is 24.6. The minimum atomic E-state index is 0. The lowest BCUT2D eigenvalue weighted by Gasteiger charge is -2.25. The van der Waals surface area contributed by atoms with Crippen LogP contribution in [0.4, 0.5) is 0 Å². The van der Waals surface area contributed by atoms with Gasteiger partial charge in [-0.05, 0) is 64.5 Å². The number of aryl methyl sites for hydroxylation is 2. The van der Waals surface area contributed by atoms with Crippen molar-refractivity contribution in [1.82, 2.24) is 25.4 Å². The molecular weight excluding hydrogens is 519 g/mol. The standard InChI is InChI=1S/C23H34N6O2.HI/c1-4-24-23(27-20-10-7-13-29-22(20)26-16(2)28-29)25-15-17-11-12-19(30-3)14-21(17)31-18-8-5-6-9-18;/h11-12,14,18,20H,4-10,13,15H2,1-3H3,(H2,24,25,27);1H. The monoisotopic (exact) mass is 554 g/mol. The summed E-state index contributed by atoms with van der Waals surface area (Å²) >= 11 is 0. The van der Waals surface area contributed by atoms with Crippen LogP contribution in [0.3, 0.4) is 0 Å². The molecular formula is C23H35IN6O2. The van der Waals surface area contributed by atoms with Gasteiger partial charge < -0.3 is 20.1 Å². The first-order valence-electron chi connectivity index (χ1n) is 11.5. The number of guanidine groups is 1. The fraction of sp³-hybridized carbons (Fsp3) is 0.609. The first-order valence-corrected chi connectivity index (χ1v) is 11.5. The Balaban J connectivity index is 0.00000289. The summed E-state index contributed by atoms with van der Waals surface area (Å²) in [4.78, 5) is 9.49. The lowest BCUT2D eigenvalue weighted by atomic mass is 10.1. The molecule has 0 saturated heterocycles. The molecule has 1 saturated carbocycles. The van der Waals surface area contributed by atoms with Crippen LogP contribution in [0, 0.1) is 6.92 Å². The molecule has 1 aliphatic heterocycles. The lowest BCUT2D eigenvalue weighted by Crippen LogP contribution is -2.41. The van der Waals surface area contributed by atoms with Crippen LogP contribution in [0.15, 0.2) is 23.2 Å². The summed E-state index contributed by atoms with van der Waals surface area (Å²) < 4.78 is 13.8. The summed E-state index contributed by atoms with van der Waals surface area (Å²) in [5.74, 6) is 4.27. The zero-order chi connectivity index (χ0) is 21.6. The van der Waals surface area contributed by atoms with Crippen LogP contribution in [-0.2, 0) is 13.1 Å². The Kier molecular flexibility index (Phi) is 9.01. The molecule has 1 unspecified atom stereocenters. The highest BCUT2D eigenvalue weighted by molar-refractivity contribution is 14.0. The zero-order valence-corrected chi connectivity index (χ0v) is 21.6. The number of aromatic nitrogens is 3.